The van der Waals surface area contributed by atoms with Crippen LogP contribution < -0.4 is 10.5 Å². The van der Waals surface area contributed by atoms with E-state index in [0.717, 1.165) is 0 Å². The number of piperazine rings is 1. The molecule has 11 nitrogen and oxygen atoms in total. The van der Waals surface area contributed by atoms with Gasteiger partial charge in [0, 0.05) is 49.9 Å². The molecule has 0 radical (unpaired) electrons. The van der Waals surface area contributed by atoms with Gasteiger partial charge in [-0.1, -0.05) is 23.5 Å². The second-order valence-corrected chi connectivity index (χ2v) is 9.27. The molecule has 168 valence electrons. The normalized spacial score (nSPS) is 14.6. The van der Waals surface area contributed by atoms with E-state index < -0.39 is 16.1 Å². The number of hydrogen-bond donors (Lipinski definition) is 0. The first-order chi connectivity index (χ1) is 15.1. The zero-order valence-corrected chi connectivity index (χ0v) is 18.7. The van der Waals surface area contributed by atoms with Gasteiger partial charge in [0.05, 0.1) is 4.92 Å². The quantitative estimate of drug-likeness (QED) is 0.434. The molecule has 0 N–H and O–H groups in total. The van der Waals surface area contributed by atoms with Gasteiger partial charge in [0.25, 0.3) is 11.2 Å². The minimum absolute atomic E-state index is 0.0392. The van der Waals surface area contributed by atoms with Gasteiger partial charge in [-0.3, -0.25) is 14.9 Å². The van der Waals surface area contributed by atoms with Crippen LogP contribution in [0.25, 0.3) is 15.5 Å². The topological polar surface area (TPSA) is 123 Å². The fraction of sp³-hybridized carbons (Fsp3) is 0.400. The molecule has 1 saturated heterocycles. The van der Waals surface area contributed by atoms with E-state index in [-0.39, 0.29) is 11.8 Å². The highest BCUT2D eigenvalue weighted by Crippen LogP contribution is 2.29. The van der Waals surface area contributed by atoms with Gasteiger partial charge in [-0.25, -0.2) is 4.79 Å². The molecule has 0 aliphatic carbocycles. The first-order valence-electron chi connectivity index (χ1n) is 9.99. The number of ether oxygens (including phenoxy) is 1. The predicted octanol–water partition coefficient (Wildman–Crippen LogP) is 2.78. The second kappa shape index (κ2) is 8.19. The molecule has 0 bridgehead atoms. The van der Waals surface area contributed by atoms with Gasteiger partial charge in [-0.2, -0.15) is 14.6 Å². The van der Waals surface area contributed by atoms with Crippen molar-refractivity contribution in [1.29, 1.82) is 0 Å². The molecular formula is C20H22N6O5S. The van der Waals surface area contributed by atoms with Crippen molar-refractivity contribution in [3.05, 3.63) is 50.8 Å². The number of non-ortho nitro benzene ring substituents is 1. The lowest BCUT2D eigenvalue weighted by atomic mass is 10.2. The van der Waals surface area contributed by atoms with Gasteiger partial charge in [-0.15, -0.1) is 0 Å². The van der Waals surface area contributed by atoms with E-state index in [9.17, 15) is 19.7 Å². The summed E-state index contributed by atoms with van der Waals surface area (Å²) in [5.74, 6) is 0.566. The Morgan fingerprint density at radius 1 is 1.19 bits per heavy atom. The Morgan fingerprint density at radius 3 is 2.56 bits per heavy atom. The summed E-state index contributed by atoms with van der Waals surface area (Å²) in [7, 11) is 0. The van der Waals surface area contributed by atoms with Crippen molar-refractivity contribution < 1.29 is 14.5 Å². The summed E-state index contributed by atoms with van der Waals surface area (Å²) in [6, 6.07) is 7.58. The van der Waals surface area contributed by atoms with Crippen LogP contribution in [-0.4, -0.2) is 62.3 Å². The molecule has 1 aliphatic rings. The Balaban J connectivity index is 1.60. The van der Waals surface area contributed by atoms with E-state index >= 15 is 0 Å². The van der Waals surface area contributed by atoms with Crippen LogP contribution in [0.15, 0.2) is 35.1 Å². The maximum atomic E-state index is 12.3. The number of fused-ring (bicyclic) bond motifs is 1. The average Bonchev–Trinajstić information content (AvgIpc) is 3.16. The van der Waals surface area contributed by atoms with Gasteiger partial charge in [0.15, 0.2) is 0 Å². The number of nitrogens with zero attached hydrogens (tertiary/aromatic N) is 6. The number of hydrogen-bond acceptors (Lipinski definition) is 9. The highest BCUT2D eigenvalue weighted by Gasteiger charge is 2.27. The van der Waals surface area contributed by atoms with Gasteiger partial charge in [0.2, 0.25) is 4.96 Å². The summed E-state index contributed by atoms with van der Waals surface area (Å²) in [5.41, 5.74) is -0.433. The van der Waals surface area contributed by atoms with E-state index in [1.54, 1.807) is 21.5 Å². The SMILES string of the molecule is CC(C)(C)OC(=O)N1CCN(c2cc(=O)nc3sc(-c4cccc([N+](=O)[O-])c4)nn23)CC1. The summed E-state index contributed by atoms with van der Waals surface area (Å²) in [6.45, 7) is 7.33. The maximum absolute atomic E-state index is 12.3. The number of nitro benzene ring substituents is 1. The van der Waals surface area contributed by atoms with Gasteiger partial charge in [0.1, 0.15) is 16.4 Å². The number of aromatic nitrogens is 3. The number of anilines is 1. The molecular weight excluding hydrogens is 436 g/mol. The number of carbonyl (C=O) groups is 1. The van der Waals surface area contributed by atoms with Crippen LogP contribution in [0.3, 0.4) is 0 Å². The minimum atomic E-state index is -0.567. The van der Waals surface area contributed by atoms with Crippen molar-refractivity contribution >= 4 is 33.9 Å². The number of rotatable bonds is 3. The molecule has 3 aromatic rings. The summed E-state index contributed by atoms with van der Waals surface area (Å²) in [5, 5.41) is 16.2. The Labute approximate surface area is 187 Å². The molecule has 4 rings (SSSR count). The maximum Gasteiger partial charge on any atom is 0.410 e. The van der Waals surface area contributed by atoms with Crippen molar-refractivity contribution in [1.82, 2.24) is 19.5 Å². The lowest BCUT2D eigenvalue weighted by Crippen LogP contribution is -2.50. The molecule has 0 atom stereocenters. The Hall–Kier alpha value is -3.54. The molecule has 1 amide bonds. The molecule has 3 heterocycles. The molecule has 1 aliphatic heterocycles. The lowest BCUT2D eigenvalue weighted by Gasteiger charge is -2.36. The second-order valence-electron chi connectivity index (χ2n) is 8.32. The number of benzene rings is 1. The van der Waals surface area contributed by atoms with E-state index in [0.29, 0.717) is 47.5 Å². The first-order valence-corrected chi connectivity index (χ1v) is 10.8. The summed E-state index contributed by atoms with van der Waals surface area (Å²) < 4.78 is 7.00. The van der Waals surface area contributed by atoms with Gasteiger partial charge in [-0.05, 0) is 20.8 Å². The van der Waals surface area contributed by atoms with Crippen molar-refractivity contribution in [3.63, 3.8) is 0 Å². The van der Waals surface area contributed by atoms with Crippen molar-refractivity contribution in [2.24, 2.45) is 0 Å². The fourth-order valence-corrected chi connectivity index (χ4v) is 4.24. The number of carbonyl (C=O) groups excluding carboxylic acids is 1. The molecule has 2 aromatic heterocycles. The predicted molar refractivity (Wildman–Crippen MR) is 119 cm³/mol. The lowest BCUT2D eigenvalue weighted by molar-refractivity contribution is -0.384. The summed E-state index contributed by atoms with van der Waals surface area (Å²) in [4.78, 5) is 43.2. The van der Waals surface area contributed by atoms with Crippen LogP contribution in [0, 0.1) is 10.1 Å². The highest BCUT2D eigenvalue weighted by atomic mass is 32.1. The largest absolute Gasteiger partial charge is 0.444 e. The third-order valence-corrected chi connectivity index (χ3v) is 5.75. The van der Waals surface area contributed by atoms with Gasteiger partial charge >= 0.3 is 6.09 Å². The molecule has 12 heteroatoms. The van der Waals surface area contributed by atoms with E-state index in [4.69, 9.17) is 4.74 Å². The van der Waals surface area contributed by atoms with Crippen LogP contribution in [-0.2, 0) is 4.74 Å². The van der Waals surface area contributed by atoms with Crippen LogP contribution >= 0.6 is 11.3 Å². The molecule has 1 fully saturated rings. The zero-order chi connectivity index (χ0) is 23.0. The van der Waals surface area contributed by atoms with E-state index in [1.807, 2.05) is 25.7 Å². The van der Waals surface area contributed by atoms with E-state index in [1.165, 1.54) is 29.5 Å². The molecule has 0 spiro atoms. The Kier molecular flexibility index (Phi) is 5.55. The summed E-state index contributed by atoms with van der Waals surface area (Å²) >= 11 is 1.18. The van der Waals surface area contributed by atoms with Crippen LogP contribution in [0.1, 0.15) is 20.8 Å². The van der Waals surface area contributed by atoms with E-state index in [2.05, 4.69) is 10.1 Å². The number of amides is 1. The third kappa shape index (κ3) is 4.54. The first kappa shape index (κ1) is 21.7. The highest BCUT2D eigenvalue weighted by molar-refractivity contribution is 7.19. The Bertz CT molecular complexity index is 1240. The molecule has 32 heavy (non-hydrogen) atoms. The van der Waals surface area contributed by atoms with Crippen LogP contribution in [0.4, 0.5) is 16.3 Å². The van der Waals surface area contributed by atoms with Crippen LogP contribution in [0.2, 0.25) is 0 Å². The smallest absolute Gasteiger partial charge is 0.410 e. The Morgan fingerprint density at radius 2 is 1.91 bits per heavy atom. The monoisotopic (exact) mass is 458 g/mol. The zero-order valence-electron chi connectivity index (χ0n) is 17.8. The van der Waals surface area contributed by atoms with Gasteiger partial charge < -0.3 is 14.5 Å². The minimum Gasteiger partial charge on any atom is -0.444 e. The van der Waals surface area contributed by atoms with Crippen molar-refractivity contribution in [3.8, 4) is 10.6 Å². The number of nitro groups is 1. The molecule has 0 saturated carbocycles. The summed E-state index contributed by atoms with van der Waals surface area (Å²) in [6.07, 6.45) is -0.365. The standard InChI is InChI=1S/C20H22N6O5S/c1-20(2,3)31-19(28)24-9-7-23(8-10-24)16-12-15(27)21-18-25(16)22-17(32-18)13-5-4-6-14(11-13)26(29)30/h4-6,11-12H,7-10H2,1-3H3. The third-order valence-electron chi connectivity index (χ3n) is 4.79. The molecule has 1 aromatic carbocycles. The molecule has 0 unspecified atom stereocenters. The van der Waals surface area contributed by atoms with Crippen molar-refractivity contribution in [2.75, 3.05) is 31.1 Å². The fourth-order valence-electron chi connectivity index (χ4n) is 3.34. The van der Waals surface area contributed by atoms with Crippen molar-refractivity contribution in [2.45, 2.75) is 26.4 Å². The van der Waals surface area contributed by atoms with Crippen LogP contribution in [0.5, 0.6) is 0 Å². The average molecular weight is 459 g/mol.